The molecule has 0 aliphatic carbocycles. The fraction of sp³-hybridized carbons (Fsp3) is 0.250. The second kappa shape index (κ2) is 4.34. The molecule has 70 valence electrons. The van der Waals surface area contributed by atoms with E-state index in [0.29, 0.717) is 0 Å². The van der Waals surface area contributed by atoms with Crippen molar-refractivity contribution in [3.8, 4) is 0 Å². The maximum atomic E-state index is 10.2. The molecule has 0 bridgehead atoms. The number of rotatable bonds is 2. The quantitative estimate of drug-likeness (QED) is 0.569. The van der Waals surface area contributed by atoms with Gasteiger partial charge in [0.2, 0.25) is 0 Å². The maximum absolute atomic E-state index is 10.2. The van der Waals surface area contributed by atoms with Crippen molar-refractivity contribution in [3.05, 3.63) is 10.8 Å². The fourth-order valence-electron chi connectivity index (χ4n) is 0.497. The van der Waals surface area contributed by atoms with Crippen molar-refractivity contribution in [1.29, 1.82) is 0 Å². The molecule has 1 unspecified atom stereocenters. The van der Waals surface area contributed by atoms with Crippen molar-refractivity contribution in [2.45, 2.75) is 0 Å². The van der Waals surface area contributed by atoms with Crippen LogP contribution in [0.15, 0.2) is 10.8 Å². The molecule has 8 heteroatoms. The molecule has 1 aliphatic heterocycles. The lowest BCUT2D eigenvalue weighted by Crippen LogP contribution is -2.60. The lowest BCUT2D eigenvalue weighted by molar-refractivity contribution is -1.91. The van der Waals surface area contributed by atoms with Gasteiger partial charge in [-0.15, -0.1) is 11.8 Å². The highest BCUT2D eigenvalue weighted by Crippen LogP contribution is 2.38. The Hall–Kier alpha value is 0.790. The van der Waals surface area contributed by atoms with Gasteiger partial charge in [0, 0.05) is 5.41 Å². The summed E-state index contributed by atoms with van der Waals surface area (Å²) in [6.45, 7) is 0. The number of hydrogen-bond acceptors (Lipinski definition) is 6. The lowest BCUT2D eigenvalue weighted by atomic mass is 11.3. The van der Waals surface area contributed by atoms with Gasteiger partial charge < -0.3 is 0 Å². The number of hydrogen-bond donors (Lipinski definition) is 0. The van der Waals surface area contributed by atoms with E-state index >= 15 is 0 Å². The van der Waals surface area contributed by atoms with E-state index < -0.39 is 21.0 Å². The largest absolute Gasteiger partial charge is 0.182 e. The van der Waals surface area contributed by atoms with Crippen LogP contribution in [0.2, 0.25) is 0 Å². The first kappa shape index (κ1) is 10.9. The highest BCUT2D eigenvalue weighted by molar-refractivity contribution is 8.54. The Bertz CT molecular complexity index is 233. The first-order chi connectivity index (χ1) is 5.53. The molecule has 1 atom stereocenters. The predicted molar refractivity (Wildman–Crippen MR) is 43.9 cm³/mol. The molecule has 0 aromatic rings. The third-order valence-corrected chi connectivity index (χ3v) is 6.22. The van der Waals surface area contributed by atoms with Gasteiger partial charge in [0.05, 0.1) is 10.2 Å². The van der Waals surface area contributed by atoms with Gasteiger partial charge in [0.25, 0.3) is 0 Å². The molecule has 0 N–H and O–H groups in total. The van der Waals surface area contributed by atoms with E-state index in [-0.39, 0.29) is 0 Å². The molecular formula is C4H5ClO4S3. The normalized spacial score (nSPS) is 23.7. The second-order valence-corrected chi connectivity index (χ2v) is 6.63. The van der Waals surface area contributed by atoms with Gasteiger partial charge >= 0.3 is 0 Å². The Morgan fingerprint density at radius 3 is 2.75 bits per heavy atom. The summed E-state index contributed by atoms with van der Waals surface area (Å²) in [4.78, 5) is 0. The van der Waals surface area contributed by atoms with Crippen LogP contribution in [-0.2, 0) is 3.74 Å². The molecular weight excluding hydrogens is 244 g/mol. The minimum Gasteiger partial charge on any atom is -0.182 e. The summed E-state index contributed by atoms with van der Waals surface area (Å²) >= 11 is 2.75. The van der Waals surface area contributed by atoms with E-state index in [2.05, 4.69) is 3.74 Å². The van der Waals surface area contributed by atoms with Gasteiger partial charge in [-0.05, 0) is 11.7 Å². The van der Waals surface area contributed by atoms with E-state index in [1.165, 1.54) is 23.5 Å². The van der Waals surface area contributed by atoms with Crippen LogP contribution < -0.4 is 14.0 Å². The first-order valence-corrected chi connectivity index (χ1v) is 7.16. The zero-order chi connectivity index (χ0) is 9.19. The summed E-state index contributed by atoms with van der Waals surface area (Å²) in [5.74, 6) is 0. The summed E-state index contributed by atoms with van der Waals surface area (Å²) < 4.78 is 35.6. The monoisotopic (exact) mass is 248 g/mol. The molecule has 0 amide bonds. The minimum atomic E-state index is -4.32. The molecule has 0 radical (unpaired) electrons. The van der Waals surface area contributed by atoms with E-state index in [4.69, 9.17) is 0 Å². The molecule has 4 nitrogen and oxygen atoms in total. The molecule has 12 heavy (non-hydrogen) atoms. The maximum Gasteiger partial charge on any atom is 0.153 e. The summed E-state index contributed by atoms with van der Waals surface area (Å²) in [5.41, 5.74) is 0. The van der Waals surface area contributed by atoms with E-state index in [1.54, 1.807) is 17.1 Å². The van der Waals surface area contributed by atoms with Gasteiger partial charge in [-0.25, -0.2) is 0 Å². The van der Waals surface area contributed by atoms with E-state index in [0.717, 1.165) is 3.53 Å². The van der Waals surface area contributed by atoms with Crippen LogP contribution in [-0.4, -0.2) is 9.78 Å². The van der Waals surface area contributed by atoms with Crippen LogP contribution in [0.1, 0.15) is 0 Å². The minimum absolute atomic E-state index is 0.780. The van der Waals surface area contributed by atoms with Crippen molar-refractivity contribution < 1.29 is 28.0 Å². The van der Waals surface area contributed by atoms with Crippen molar-refractivity contribution in [2.75, 3.05) is 6.26 Å². The molecule has 1 rings (SSSR count). The predicted octanol–water partition coefficient (Wildman–Crippen LogP) is -1.25. The topological polar surface area (TPSA) is 78.4 Å². The van der Waals surface area contributed by atoms with Gasteiger partial charge in [-0.2, -0.15) is 14.0 Å². The Labute approximate surface area is 82.8 Å². The standard InChI is InChI=1S/C4H5ClO4S3/c1-10-4-11-2-3-12(4)9-5(6,7)8/h2-3H,1H3. The zero-order valence-corrected chi connectivity index (χ0v) is 9.10. The molecule has 0 saturated carbocycles. The van der Waals surface area contributed by atoms with Crippen molar-refractivity contribution >= 4 is 37.8 Å². The first-order valence-electron chi connectivity index (χ1n) is 2.61. The van der Waals surface area contributed by atoms with Crippen LogP contribution >= 0.6 is 34.3 Å². The molecule has 0 saturated heterocycles. The third-order valence-electron chi connectivity index (χ3n) is 0.819. The van der Waals surface area contributed by atoms with Gasteiger partial charge in [0.1, 0.15) is 7.26 Å². The Morgan fingerprint density at radius 2 is 2.25 bits per heavy atom. The molecule has 0 aromatic carbocycles. The van der Waals surface area contributed by atoms with Gasteiger partial charge in [0.15, 0.2) is 10.8 Å². The lowest BCUT2D eigenvalue weighted by Gasteiger charge is -2.11. The fourth-order valence-corrected chi connectivity index (χ4v) is 4.93. The average Bonchev–Trinajstić information content (AvgIpc) is 2.31. The summed E-state index contributed by atoms with van der Waals surface area (Å²) in [6.07, 6.45) is 1.80. The van der Waals surface area contributed by atoms with Crippen LogP contribution in [0, 0.1) is 10.2 Å². The Morgan fingerprint density at radius 1 is 1.58 bits per heavy atom. The van der Waals surface area contributed by atoms with Crippen molar-refractivity contribution in [1.82, 2.24) is 0 Å². The summed E-state index contributed by atoms with van der Waals surface area (Å²) in [7, 11) is -5.31. The van der Waals surface area contributed by atoms with Gasteiger partial charge in [-0.1, -0.05) is 11.8 Å². The van der Waals surface area contributed by atoms with Crippen LogP contribution in [0.3, 0.4) is 0 Å². The third kappa shape index (κ3) is 3.27. The molecule has 0 spiro atoms. The van der Waals surface area contributed by atoms with E-state index in [1.807, 2.05) is 0 Å². The smallest absolute Gasteiger partial charge is 0.153 e. The number of halogens is 1. The van der Waals surface area contributed by atoms with Crippen molar-refractivity contribution in [2.24, 2.45) is 0 Å². The van der Waals surface area contributed by atoms with Crippen molar-refractivity contribution in [3.63, 3.8) is 0 Å². The molecule has 1 heterocycles. The highest BCUT2D eigenvalue weighted by Gasteiger charge is 2.25. The Kier molecular flexibility index (Phi) is 3.93. The van der Waals surface area contributed by atoms with Gasteiger partial charge in [-0.3, -0.25) is 0 Å². The van der Waals surface area contributed by atoms with Crippen LogP contribution in [0.25, 0.3) is 0 Å². The Balaban J connectivity index is 2.67. The molecule has 0 aromatic heterocycles. The molecule has 1 aliphatic rings. The zero-order valence-electron chi connectivity index (χ0n) is 5.89. The SMILES string of the molecule is CSC1=S(O[Cl+3]([O-])([O-])[O-])C=CS1. The van der Waals surface area contributed by atoms with Crippen LogP contribution in [0.4, 0.5) is 0 Å². The summed E-state index contributed by atoms with van der Waals surface area (Å²) in [5, 5.41) is 3.26. The van der Waals surface area contributed by atoms with Crippen LogP contribution in [0.5, 0.6) is 0 Å². The highest BCUT2D eigenvalue weighted by atomic mass is 35.7. The number of thioether (sulfide) groups is 2. The summed E-state index contributed by atoms with van der Waals surface area (Å²) in [6, 6.07) is 0. The average molecular weight is 249 g/mol. The van der Waals surface area contributed by atoms with E-state index in [9.17, 15) is 14.0 Å². The second-order valence-electron chi connectivity index (χ2n) is 1.58. The molecule has 0 fully saturated rings.